The van der Waals surface area contributed by atoms with Crippen LogP contribution in [0.3, 0.4) is 0 Å². The number of hydrogen-bond acceptors (Lipinski definition) is 5. The fourth-order valence-electron chi connectivity index (χ4n) is 9.38. The molecule has 3 fully saturated rings. The summed E-state index contributed by atoms with van der Waals surface area (Å²) in [7, 11) is 0. The molecule has 3 heterocycles. The number of rotatable bonds is 4. The SMILES string of the molecule is c1ccc(-c2nc(-c3ccncc3)nc(-c3ccc(-c4ccc5c(c4)-c4ccccc4C4CC6CC7CC5C67C4)nc3)n2)cc1. The van der Waals surface area contributed by atoms with Gasteiger partial charge in [0.1, 0.15) is 0 Å². The Balaban J connectivity index is 1.05. The Bertz CT molecular complexity index is 2030. The van der Waals surface area contributed by atoms with Crippen LogP contribution in [0.5, 0.6) is 0 Å². The third-order valence-corrected chi connectivity index (χ3v) is 11.5. The first-order valence-electron chi connectivity index (χ1n) is 16.2. The van der Waals surface area contributed by atoms with Gasteiger partial charge in [-0.3, -0.25) is 9.97 Å². The topological polar surface area (TPSA) is 64.5 Å². The molecular weight excluding hydrogens is 550 g/mol. The molecule has 0 aliphatic heterocycles. The molecule has 216 valence electrons. The predicted molar refractivity (Wildman–Crippen MR) is 176 cm³/mol. The van der Waals surface area contributed by atoms with E-state index in [4.69, 9.17) is 19.9 Å². The van der Waals surface area contributed by atoms with Crippen molar-refractivity contribution in [2.45, 2.75) is 37.5 Å². The molecule has 45 heavy (non-hydrogen) atoms. The first kappa shape index (κ1) is 25.3. The summed E-state index contributed by atoms with van der Waals surface area (Å²) < 4.78 is 0. The van der Waals surface area contributed by atoms with E-state index < -0.39 is 0 Å². The van der Waals surface area contributed by atoms with Gasteiger partial charge in [0, 0.05) is 40.8 Å². The molecule has 5 nitrogen and oxygen atoms in total. The highest BCUT2D eigenvalue weighted by atomic mass is 15.0. The van der Waals surface area contributed by atoms with Crippen molar-refractivity contribution in [3.63, 3.8) is 0 Å². The average molecular weight is 582 g/mol. The summed E-state index contributed by atoms with van der Waals surface area (Å²) in [5.74, 6) is 5.12. The summed E-state index contributed by atoms with van der Waals surface area (Å²) >= 11 is 0. The summed E-state index contributed by atoms with van der Waals surface area (Å²) in [5.41, 5.74) is 11.3. The average Bonchev–Trinajstić information content (AvgIpc) is 3.47. The zero-order valence-corrected chi connectivity index (χ0v) is 24.8. The largest absolute Gasteiger partial charge is 0.265 e. The van der Waals surface area contributed by atoms with Gasteiger partial charge in [0.25, 0.3) is 0 Å². The van der Waals surface area contributed by atoms with E-state index in [1.165, 1.54) is 36.8 Å². The molecule has 3 saturated carbocycles. The van der Waals surface area contributed by atoms with E-state index in [1.54, 1.807) is 23.5 Å². The van der Waals surface area contributed by atoms with Gasteiger partial charge in [-0.25, -0.2) is 15.0 Å². The number of pyridine rings is 2. The number of nitrogens with zero attached hydrogens (tertiary/aromatic N) is 5. The van der Waals surface area contributed by atoms with Crippen molar-refractivity contribution >= 4 is 0 Å². The van der Waals surface area contributed by atoms with Gasteiger partial charge in [0.05, 0.1) is 5.69 Å². The highest BCUT2D eigenvalue weighted by Crippen LogP contribution is 2.80. The van der Waals surface area contributed by atoms with Crippen molar-refractivity contribution in [2.24, 2.45) is 17.3 Å². The Morgan fingerprint density at radius 2 is 1.27 bits per heavy atom. The Morgan fingerprint density at radius 1 is 0.556 bits per heavy atom. The van der Waals surface area contributed by atoms with E-state index in [0.717, 1.165) is 39.8 Å². The molecule has 1 spiro atoms. The van der Waals surface area contributed by atoms with Gasteiger partial charge in [-0.1, -0.05) is 66.7 Å². The molecule has 10 rings (SSSR count). The van der Waals surface area contributed by atoms with Crippen LogP contribution in [0.25, 0.3) is 56.5 Å². The van der Waals surface area contributed by atoms with E-state index in [1.807, 2.05) is 48.7 Å². The van der Waals surface area contributed by atoms with Crippen molar-refractivity contribution in [1.29, 1.82) is 0 Å². The van der Waals surface area contributed by atoms with Crippen molar-refractivity contribution in [1.82, 2.24) is 24.9 Å². The molecule has 2 bridgehead atoms. The van der Waals surface area contributed by atoms with Crippen molar-refractivity contribution in [3.05, 3.63) is 127 Å². The molecule has 0 N–H and O–H groups in total. The lowest BCUT2D eigenvalue weighted by Crippen LogP contribution is -2.58. The van der Waals surface area contributed by atoms with Gasteiger partial charge < -0.3 is 0 Å². The molecule has 5 unspecified atom stereocenters. The summed E-state index contributed by atoms with van der Waals surface area (Å²) in [5, 5.41) is 0. The van der Waals surface area contributed by atoms with E-state index in [2.05, 4.69) is 59.6 Å². The Labute approximate surface area is 262 Å². The van der Waals surface area contributed by atoms with Gasteiger partial charge in [0.2, 0.25) is 0 Å². The molecule has 6 aromatic rings. The van der Waals surface area contributed by atoms with Crippen LogP contribution in [0.15, 0.2) is 116 Å². The fraction of sp³-hybridized carbons (Fsp3) is 0.225. The van der Waals surface area contributed by atoms with Gasteiger partial charge in [-0.15, -0.1) is 0 Å². The zero-order chi connectivity index (χ0) is 29.5. The molecule has 5 heteroatoms. The van der Waals surface area contributed by atoms with Crippen molar-refractivity contribution in [3.8, 4) is 56.5 Å². The summed E-state index contributed by atoms with van der Waals surface area (Å²) in [4.78, 5) is 23.7. The van der Waals surface area contributed by atoms with Crippen LogP contribution in [0, 0.1) is 17.3 Å². The first-order chi connectivity index (χ1) is 22.2. The lowest BCUT2D eigenvalue weighted by molar-refractivity contribution is -0.144. The summed E-state index contributed by atoms with van der Waals surface area (Å²) in [6.07, 6.45) is 11.0. The highest BCUT2D eigenvalue weighted by Gasteiger charge is 2.70. The van der Waals surface area contributed by atoms with Crippen LogP contribution < -0.4 is 0 Å². The standard InChI is InChI=1S/C40H31N5/c1-2-6-24(7-3-1)37-43-38(25-14-16-41-17-15-25)45-39(44-37)27-11-13-36(42-23-27)26-10-12-33-34(19-26)32-9-5-4-8-31(32)28-18-29-20-30-21-35(33)40(29,30)22-28/h1-17,19,23,28-30,35H,18,20-22H2. The second-order valence-corrected chi connectivity index (χ2v) is 13.4. The Hall–Kier alpha value is -5.03. The maximum absolute atomic E-state index is 4.97. The molecule has 0 amide bonds. The van der Waals surface area contributed by atoms with E-state index in [9.17, 15) is 0 Å². The second-order valence-electron chi connectivity index (χ2n) is 13.4. The number of fused-ring (bicyclic) bond motifs is 6. The maximum Gasteiger partial charge on any atom is 0.165 e. The van der Waals surface area contributed by atoms with Crippen molar-refractivity contribution in [2.75, 3.05) is 0 Å². The Kier molecular flexibility index (Phi) is 5.33. The summed E-state index contributed by atoms with van der Waals surface area (Å²) in [6, 6.07) is 34.4. The molecule has 4 aliphatic carbocycles. The number of hydrogen-bond donors (Lipinski definition) is 0. The minimum absolute atomic E-state index is 0.562. The quantitative estimate of drug-likeness (QED) is 0.208. The van der Waals surface area contributed by atoms with Crippen LogP contribution in [-0.4, -0.2) is 24.9 Å². The number of aromatic nitrogens is 5. The molecule has 4 aliphatic rings. The Morgan fingerprint density at radius 3 is 2.04 bits per heavy atom. The third kappa shape index (κ3) is 3.70. The van der Waals surface area contributed by atoms with Gasteiger partial charge in [-0.2, -0.15) is 0 Å². The lowest BCUT2D eigenvalue weighted by atomic mass is 9.37. The van der Waals surface area contributed by atoms with Crippen LogP contribution in [0.2, 0.25) is 0 Å². The van der Waals surface area contributed by atoms with Gasteiger partial charge in [-0.05, 0) is 107 Å². The minimum atomic E-state index is 0.562. The zero-order valence-electron chi connectivity index (χ0n) is 24.8. The molecule has 3 aromatic heterocycles. The molecule has 5 atom stereocenters. The van der Waals surface area contributed by atoms with Gasteiger partial charge in [0.15, 0.2) is 17.5 Å². The maximum atomic E-state index is 4.97. The van der Waals surface area contributed by atoms with Crippen LogP contribution >= 0.6 is 0 Å². The van der Waals surface area contributed by atoms with Gasteiger partial charge >= 0.3 is 0 Å². The summed E-state index contributed by atoms with van der Waals surface area (Å²) in [6.45, 7) is 0. The number of benzene rings is 3. The molecule has 3 aromatic carbocycles. The first-order valence-corrected chi connectivity index (χ1v) is 16.2. The monoisotopic (exact) mass is 581 g/mol. The van der Waals surface area contributed by atoms with Crippen LogP contribution in [0.4, 0.5) is 0 Å². The van der Waals surface area contributed by atoms with Crippen LogP contribution in [0.1, 0.15) is 48.6 Å². The predicted octanol–water partition coefficient (Wildman–Crippen LogP) is 9.00. The van der Waals surface area contributed by atoms with E-state index in [0.29, 0.717) is 34.7 Å². The van der Waals surface area contributed by atoms with Crippen LogP contribution in [-0.2, 0) is 0 Å². The van der Waals surface area contributed by atoms with E-state index >= 15 is 0 Å². The smallest absolute Gasteiger partial charge is 0.165 e. The molecule has 0 saturated heterocycles. The minimum Gasteiger partial charge on any atom is -0.265 e. The fourth-order valence-corrected chi connectivity index (χ4v) is 9.38. The molecule has 0 radical (unpaired) electrons. The van der Waals surface area contributed by atoms with Crippen molar-refractivity contribution < 1.29 is 0 Å². The normalized spacial score (nSPS) is 25.1. The molecular formula is C40H31N5. The second kappa shape index (κ2) is 9.48. The third-order valence-electron chi connectivity index (χ3n) is 11.5. The highest BCUT2D eigenvalue weighted by molar-refractivity contribution is 5.79. The van der Waals surface area contributed by atoms with E-state index in [-0.39, 0.29) is 0 Å². The lowest BCUT2D eigenvalue weighted by Gasteiger charge is -2.67.